The van der Waals surface area contributed by atoms with Crippen LogP contribution in [0.15, 0.2) is 36.7 Å². The smallest absolute Gasteiger partial charge is 0.255 e. The number of anilines is 1. The molecule has 1 aliphatic heterocycles. The predicted molar refractivity (Wildman–Crippen MR) is 133 cm³/mol. The lowest BCUT2D eigenvalue weighted by Crippen LogP contribution is -2.38. The van der Waals surface area contributed by atoms with Crippen molar-refractivity contribution in [3.05, 3.63) is 58.9 Å². The number of amides is 2. The van der Waals surface area contributed by atoms with Gasteiger partial charge in [-0.1, -0.05) is 19.9 Å². The molecule has 0 atom stereocenters. The molecule has 7 heteroatoms. The second-order valence-electron chi connectivity index (χ2n) is 9.59. The number of benzene rings is 1. The van der Waals surface area contributed by atoms with Gasteiger partial charge in [0.25, 0.3) is 5.91 Å². The first-order chi connectivity index (χ1) is 16.3. The monoisotopic (exact) mass is 457 g/mol. The SMILES string of the molecule is Cc1c(NC(=O)c2cccc(C#N)c2)cnc2c1c(C1CCN(C(=O)CC(C)C)CC1)cn2C. The third-order valence-electron chi connectivity index (χ3n) is 6.65. The van der Waals surface area contributed by atoms with Crippen molar-refractivity contribution in [1.82, 2.24) is 14.5 Å². The van der Waals surface area contributed by atoms with E-state index in [9.17, 15) is 9.59 Å². The molecule has 0 saturated carbocycles. The van der Waals surface area contributed by atoms with E-state index in [0.717, 1.165) is 42.5 Å². The topological polar surface area (TPSA) is 91.0 Å². The van der Waals surface area contributed by atoms with Crippen LogP contribution in [-0.2, 0) is 11.8 Å². The second-order valence-corrected chi connectivity index (χ2v) is 9.59. The Bertz CT molecular complexity index is 1280. The van der Waals surface area contributed by atoms with Gasteiger partial charge in [0.2, 0.25) is 5.91 Å². The molecule has 3 aromatic rings. The number of fused-ring (bicyclic) bond motifs is 1. The second kappa shape index (κ2) is 9.68. The molecule has 4 rings (SSSR count). The zero-order chi connectivity index (χ0) is 24.4. The summed E-state index contributed by atoms with van der Waals surface area (Å²) in [4.78, 5) is 32.0. The van der Waals surface area contributed by atoms with Gasteiger partial charge in [-0.05, 0) is 60.9 Å². The van der Waals surface area contributed by atoms with Crippen molar-refractivity contribution in [3.8, 4) is 6.07 Å². The first-order valence-corrected chi connectivity index (χ1v) is 11.8. The zero-order valence-electron chi connectivity index (χ0n) is 20.3. The summed E-state index contributed by atoms with van der Waals surface area (Å²) >= 11 is 0. The van der Waals surface area contributed by atoms with Gasteiger partial charge in [0.1, 0.15) is 5.65 Å². The number of hydrogen-bond donors (Lipinski definition) is 1. The van der Waals surface area contributed by atoms with Gasteiger partial charge in [-0.25, -0.2) is 4.98 Å². The van der Waals surface area contributed by atoms with Gasteiger partial charge in [-0.2, -0.15) is 5.26 Å². The van der Waals surface area contributed by atoms with E-state index in [1.54, 1.807) is 30.5 Å². The minimum Gasteiger partial charge on any atom is -0.343 e. The van der Waals surface area contributed by atoms with Gasteiger partial charge in [0.05, 0.1) is 23.5 Å². The molecule has 1 N–H and O–H groups in total. The van der Waals surface area contributed by atoms with Crippen LogP contribution in [-0.4, -0.2) is 39.4 Å². The molecule has 0 spiro atoms. The Hall–Kier alpha value is -3.66. The molecule has 0 unspecified atom stereocenters. The predicted octanol–water partition coefficient (Wildman–Crippen LogP) is 4.76. The van der Waals surface area contributed by atoms with Crippen LogP contribution >= 0.6 is 0 Å². The average molecular weight is 458 g/mol. The number of pyridine rings is 1. The largest absolute Gasteiger partial charge is 0.343 e. The van der Waals surface area contributed by atoms with Crippen LogP contribution in [0.25, 0.3) is 11.0 Å². The lowest BCUT2D eigenvalue weighted by atomic mass is 9.88. The van der Waals surface area contributed by atoms with Gasteiger partial charge in [0, 0.05) is 43.7 Å². The van der Waals surface area contributed by atoms with E-state index in [1.165, 1.54) is 5.56 Å². The van der Waals surface area contributed by atoms with Crippen LogP contribution in [0.1, 0.15) is 66.1 Å². The maximum Gasteiger partial charge on any atom is 0.255 e. The van der Waals surface area contributed by atoms with E-state index in [-0.39, 0.29) is 11.8 Å². The molecule has 2 amide bonds. The first kappa shape index (κ1) is 23.5. The van der Waals surface area contributed by atoms with Gasteiger partial charge in [0.15, 0.2) is 0 Å². The number of rotatable bonds is 5. The summed E-state index contributed by atoms with van der Waals surface area (Å²) in [5.74, 6) is 0.684. The third kappa shape index (κ3) is 4.67. The molecule has 3 heterocycles. The molecule has 0 aliphatic carbocycles. The molecule has 1 aliphatic rings. The van der Waals surface area contributed by atoms with Gasteiger partial charge in [-0.15, -0.1) is 0 Å². The Balaban J connectivity index is 1.58. The maximum atomic E-state index is 12.8. The van der Waals surface area contributed by atoms with E-state index in [1.807, 2.05) is 23.4 Å². The van der Waals surface area contributed by atoms with Gasteiger partial charge < -0.3 is 14.8 Å². The Morgan fingerprint density at radius 1 is 1.26 bits per heavy atom. The van der Waals surface area contributed by atoms with Gasteiger partial charge in [-0.3, -0.25) is 9.59 Å². The highest BCUT2D eigenvalue weighted by Crippen LogP contribution is 2.37. The summed E-state index contributed by atoms with van der Waals surface area (Å²) in [5, 5.41) is 13.2. The number of nitrogens with zero attached hydrogens (tertiary/aromatic N) is 4. The number of hydrogen-bond acceptors (Lipinski definition) is 4. The fourth-order valence-corrected chi connectivity index (χ4v) is 4.82. The van der Waals surface area contributed by atoms with E-state index < -0.39 is 0 Å². The number of carbonyl (C=O) groups is 2. The number of aromatic nitrogens is 2. The summed E-state index contributed by atoms with van der Waals surface area (Å²) in [6.07, 6.45) is 6.27. The van der Waals surface area contributed by atoms with Crippen molar-refractivity contribution in [2.24, 2.45) is 13.0 Å². The highest BCUT2D eigenvalue weighted by atomic mass is 16.2. The fourth-order valence-electron chi connectivity index (χ4n) is 4.82. The fraction of sp³-hybridized carbons (Fsp3) is 0.407. The summed E-state index contributed by atoms with van der Waals surface area (Å²) in [6.45, 7) is 7.70. The van der Waals surface area contributed by atoms with E-state index in [2.05, 4.69) is 36.4 Å². The van der Waals surface area contributed by atoms with Crippen LogP contribution in [0.5, 0.6) is 0 Å². The summed E-state index contributed by atoms with van der Waals surface area (Å²) in [6, 6.07) is 8.72. The number of piperidine rings is 1. The zero-order valence-corrected chi connectivity index (χ0v) is 20.3. The number of aryl methyl sites for hydroxylation is 2. The quantitative estimate of drug-likeness (QED) is 0.598. The highest BCUT2D eigenvalue weighted by molar-refractivity contribution is 6.06. The molecule has 0 bridgehead atoms. The first-order valence-electron chi connectivity index (χ1n) is 11.8. The molecule has 1 saturated heterocycles. The minimum atomic E-state index is -0.268. The summed E-state index contributed by atoms with van der Waals surface area (Å²) in [7, 11) is 1.99. The Morgan fingerprint density at radius 3 is 2.68 bits per heavy atom. The van der Waals surface area contributed by atoms with Crippen LogP contribution < -0.4 is 5.32 Å². The van der Waals surface area contributed by atoms with Crippen LogP contribution in [0.3, 0.4) is 0 Å². The normalized spacial score (nSPS) is 14.4. The lowest BCUT2D eigenvalue weighted by Gasteiger charge is -2.32. The van der Waals surface area contributed by atoms with Crippen LogP contribution in [0.4, 0.5) is 5.69 Å². The van der Waals surface area contributed by atoms with E-state index >= 15 is 0 Å². The van der Waals surface area contributed by atoms with Crippen LogP contribution in [0, 0.1) is 24.2 Å². The molecule has 176 valence electrons. The van der Waals surface area contributed by atoms with Crippen molar-refractivity contribution < 1.29 is 9.59 Å². The van der Waals surface area contributed by atoms with E-state index in [0.29, 0.717) is 35.1 Å². The molecule has 0 radical (unpaired) electrons. The van der Waals surface area contributed by atoms with Crippen molar-refractivity contribution >= 4 is 28.5 Å². The number of nitriles is 1. The number of carbonyl (C=O) groups excluding carboxylic acids is 2. The standard InChI is InChI=1S/C27H31N5O2/c1-17(2)12-24(33)32-10-8-20(9-11-32)22-16-31(4)26-25(22)18(3)23(15-29-26)30-27(34)21-7-5-6-19(13-21)14-28/h5-7,13,15-17,20H,8-12H2,1-4H3,(H,30,34). The van der Waals surface area contributed by atoms with Crippen molar-refractivity contribution in [3.63, 3.8) is 0 Å². The average Bonchev–Trinajstić information content (AvgIpc) is 3.17. The lowest BCUT2D eigenvalue weighted by molar-refractivity contribution is -0.133. The molecular formula is C27H31N5O2. The summed E-state index contributed by atoms with van der Waals surface area (Å²) < 4.78 is 2.04. The Morgan fingerprint density at radius 2 is 2.00 bits per heavy atom. The number of nitrogens with one attached hydrogen (secondary N) is 1. The minimum absolute atomic E-state index is 0.245. The maximum absolute atomic E-state index is 12.8. The van der Waals surface area contributed by atoms with Crippen LogP contribution in [0.2, 0.25) is 0 Å². The molecular weight excluding hydrogens is 426 g/mol. The Kier molecular flexibility index (Phi) is 6.69. The number of likely N-dealkylation sites (tertiary alicyclic amines) is 1. The highest BCUT2D eigenvalue weighted by Gasteiger charge is 2.27. The van der Waals surface area contributed by atoms with E-state index in [4.69, 9.17) is 5.26 Å². The molecule has 34 heavy (non-hydrogen) atoms. The van der Waals surface area contributed by atoms with Crippen molar-refractivity contribution in [2.75, 3.05) is 18.4 Å². The van der Waals surface area contributed by atoms with Gasteiger partial charge >= 0.3 is 0 Å². The summed E-state index contributed by atoms with van der Waals surface area (Å²) in [5.41, 5.74) is 4.63. The molecule has 1 aromatic carbocycles. The Labute approximate surface area is 200 Å². The van der Waals surface area contributed by atoms with Crippen molar-refractivity contribution in [2.45, 2.75) is 46.0 Å². The molecule has 1 fully saturated rings. The van der Waals surface area contributed by atoms with Crippen molar-refractivity contribution in [1.29, 1.82) is 5.26 Å². The molecule has 2 aromatic heterocycles. The molecule has 7 nitrogen and oxygen atoms in total. The third-order valence-corrected chi connectivity index (χ3v) is 6.65.